The van der Waals surface area contributed by atoms with Crippen LogP contribution in [-0.4, -0.2) is 17.9 Å². The molecule has 0 aromatic heterocycles. The zero-order valence-corrected chi connectivity index (χ0v) is 8.65. The minimum atomic E-state index is 0.0346. The van der Waals surface area contributed by atoms with Crippen LogP contribution >= 0.6 is 0 Å². The third-order valence-electron chi connectivity index (χ3n) is 2.71. The highest BCUT2D eigenvalue weighted by Crippen LogP contribution is 2.21. The van der Waals surface area contributed by atoms with Gasteiger partial charge in [-0.25, -0.2) is 0 Å². The Morgan fingerprint density at radius 2 is 2.13 bits per heavy atom. The van der Waals surface area contributed by atoms with E-state index >= 15 is 0 Å². The lowest BCUT2D eigenvalue weighted by Crippen LogP contribution is -2.11. The minimum absolute atomic E-state index is 0.0346. The van der Waals surface area contributed by atoms with Crippen molar-refractivity contribution in [2.24, 2.45) is 0 Å². The van der Waals surface area contributed by atoms with E-state index in [4.69, 9.17) is 0 Å². The number of Topliss-reactive ketones (excluding diaryl/α,β-unsaturated/α-hetero) is 1. The van der Waals surface area contributed by atoms with Gasteiger partial charge in [0.2, 0.25) is 0 Å². The van der Waals surface area contributed by atoms with Gasteiger partial charge in [0, 0.05) is 11.6 Å². The van der Waals surface area contributed by atoms with Crippen LogP contribution in [-0.2, 0) is 0 Å². The van der Waals surface area contributed by atoms with Gasteiger partial charge >= 0.3 is 0 Å². The van der Waals surface area contributed by atoms with Gasteiger partial charge in [-0.1, -0.05) is 36.4 Å². The molecule has 0 saturated carbocycles. The number of carbonyl (C=O) groups excluding carboxylic acids is 1. The molecule has 1 heterocycles. The molecule has 15 heavy (non-hydrogen) atoms. The van der Waals surface area contributed by atoms with E-state index in [-0.39, 0.29) is 11.8 Å². The van der Waals surface area contributed by atoms with E-state index < -0.39 is 0 Å². The first-order valence-corrected chi connectivity index (χ1v) is 5.29. The molecule has 78 valence electrons. The molecular formula is C13H15NO. The van der Waals surface area contributed by atoms with E-state index in [1.807, 2.05) is 36.4 Å². The molecule has 0 spiro atoms. The Labute approximate surface area is 90.0 Å². The summed E-state index contributed by atoms with van der Waals surface area (Å²) in [4.78, 5) is 11.9. The molecule has 2 atom stereocenters. The predicted molar refractivity (Wildman–Crippen MR) is 60.9 cm³/mol. The standard InChI is InChI=1S/C13H15NO/c1-2-3-9-11-12(14-11)13(15)10-7-5-4-6-8-10/h2,4-8,11-12,14H,1,3,9H2/t11-,12-/m1/s1. The number of ketones is 1. The quantitative estimate of drug-likeness (QED) is 0.450. The molecule has 1 saturated heterocycles. The van der Waals surface area contributed by atoms with Crippen molar-refractivity contribution < 1.29 is 4.79 Å². The van der Waals surface area contributed by atoms with Gasteiger partial charge in [-0.15, -0.1) is 6.58 Å². The Morgan fingerprint density at radius 1 is 1.40 bits per heavy atom. The van der Waals surface area contributed by atoms with E-state index in [9.17, 15) is 4.79 Å². The van der Waals surface area contributed by atoms with E-state index in [0.717, 1.165) is 18.4 Å². The van der Waals surface area contributed by atoms with Crippen molar-refractivity contribution in [3.05, 3.63) is 48.6 Å². The second-order valence-electron chi connectivity index (χ2n) is 3.85. The molecule has 1 aromatic carbocycles. The predicted octanol–water partition coefficient (Wildman–Crippen LogP) is 2.18. The first-order valence-electron chi connectivity index (χ1n) is 5.29. The number of allylic oxidation sites excluding steroid dienone is 1. The van der Waals surface area contributed by atoms with E-state index in [0.29, 0.717) is 6.04 Å². The summed E-state index contributed by atoms with van der Waals surface area (Å²) >= 11 is 0. The average Bonchev–Trinajstić information content (AvgIpc) is 3.06. The fourth-order valence-corrected chi connectivity index (χ4v) is 1.76. The van der Waals surface area contributed by atoms with Crippen molar-refractivity contribution >= 4 is 5.78 Å². The zero-order valence-electron chi connectivity index (χ0n) is 8.65. The van der Waals surface area contributed by atoms with Crippen LogP contribution in [0.4, 0.5) is 0 Å². The highest BCUT2D eigenvalue weighted by Gasteiger charge is 2.41. The van der Waals surface area contributed by atoms with Crippen LogP contribution in [0.5, 0.6) is 0 Å². The van der Waals surface area contributed by atoms with Crippen molar-refractivity contribution in [3.8, 4) is 0 Å². The summed E-state index contributed by atoms with van der Waals surface area (Å²) in [5, 5.41) is 3.20. The Bertz CT molecular complexity index is 358. The minimum Gasteiger partial charge on any atom is -0.301 e. The number of hydrogen-bond donors (Lipinski definition) is 1. The summed E-state index contributed by atoms with van der Waals surface area (Å²) in [6.07, 6.45) is 3.87. The fraction of sp³-hybridized carbons (Fsp3) is 0.308. The van der Waals surface area contributed by atoms with Crippen LogP contribution in [0.2, 0.25) is 0 Å². The molecule has 1 N–H and O–H groups in total. The molecule has 1 aromatic rings. The molecule has 0 amide bonds. The van der Waals surface area contributed by atoms with Crippen molar-refractivity contribution in [2.75, 3.05) is 0 Å². The molecular weight excluding hydrogens is 186 g/mol. The summed E-state index contributed by atoms with van der Waals surface area (Å²) < 4.78 is 0. The molecule has 1 aliphatic heterocycles. The van der Waals surface area contributed by atoms with Crippen molar-refractivity contribution in [2.45, 2.75) is 24.9 Å². The SMILES string of the molecule is C=CCC[C@H]1N[C@H]1C(=O)c1ccccc1. The summed E-state index contributed by atoms with van der Waals surface area (Å²) in [7, 11) is 0. The lowest BCUT2D eigenvalue weighted by atomic mass is 10.0. The Balaban J connectivity index is 1.92. The van der Waals surface area contributed by atoms with Crippen LogP contribution < -0.4 is 5.32 Å². The van der Waals surface area contributed by atoms with Crippen molar-refractivity contribution in [3.63, 3.8) is 0 Å². The van der Waals surface area contributed by atoms with Crippen LogP contribution in [0.15, 0.2) is 43.0 Å². The largest absolute Gasteiger partial charge is 0.301 e. The van der Waals surface area contributed by atoms with Crippen molar-refractivity contribution in [1.82, 2.24) is 5.32 Å². The second-order valence-corrected chi connectivity index (χ2v) is 3.85. The smallest absolute Gasteiger partial charge is 0.181 e. The molecule has 1 aliphatic rings. The number of nitrogens with one attached hydrogen (secondary N) is 1. The molecule has 0 aliphatic carbocycles. The molecule has 2 nitrogen and oxygen atoms in total. The van der Waals surface area contributed by atoms with Gasteiger partial charge in [0.05, 0.1) is 6.04 Å². The molecule has 2 heteroatoms. The maximum absolute atomic E-state index is 11.9. The monoisotopic (exact) mass is 201 g/mol. The Morgan fingerprint density at radius 3 is 2.80 bits per heavy atom. The first-order chi connectivity index (χ1) is 7.33. The zero-order chi connectivity index (χ0) is 10.7. The molecule has 2 rings (SSSR count). The Kier molecular flexibility index (Phi) is 2.97. The van der Waals surface area contributed by atoms with Gasteiger partial charge in [0.1, 0.15) is 0 Å². The highest BCUT2D eigenvalue weighted by atomic mass is 16.1. The molecule has 0 radical (unpaired) electrons. The van der Waals surface area contributed by atoms with Gasteiger partial charge in [0.25, 0.3) is 0 Å². The van der Waals surface area contributed by atoms with Crippen LogP contribution in [0, 0.1) is 0 Å². The summed E-state index contributed by atoms with van der Waals surface area (Å²) in [6.45, 7) is 3.68. The molecule has 0 bridgehead atoms. The maximum Gasteiger partial charge on any atom is 0.181 e. The summed E-state index contributed by atoms with van der Waals surface area (Å²) in [6, 6.07) is 9.84. The van der Waals surface area contributed by atoms with Gasteiger partial charge in [0.15, 0.2) is 5.78 Å². The van der Waals surface area contributed by atoms with Gasteiger partial charge in [-0.3, -0.25) is 4.79 Å². The highest BCUT2D eigenvalue weighted by molar-refractivity contribution is 6.02. The van der Waals surface area contributed by atoms with E-state index in [2.05, 4.69) is 11.9 Å². The van der Waals surface area contributed by atoms with Crippen LogP contribution in [0.25, 0.3) is 0 Å². The second kappa shape index (κ2) is 4.41. The number of hydrogen-bond acceptors (Lipinski definition) is 2. The normalized spacial score (nSPS) is 23.5. The summed E-state index contributed by atoms with van der Waals surface area (Å²) in [5.41, 5.74) is 0.802. The van der Waals surface area contributed by atoms with Crippen LogP contribution in [0.3, 0.4) is 0 Å². The maximum atomic E-state index is 11.9. The Hall–Kier alpha value is -1.41. The number of rotatable bonds is 5. The van der Waals surface area contributed by atoms with Gasteiger partial charge < -0.3 is 5.32 Å². The lowest BCUT2D eigenvalue weighted by Gasteiger charge is -1.97. The first kappa shape index (κ1) is 10.1. The van der Waals surface area contributed by atoms with Crippen molar-refractivity contribution in [1.29, 1.82) is 0 Å². The number of benzene rings is 1. The number of carbonyl (C=O) groups is 1. The molecule has 0 unspecified atom stereocenters. The van der Waals surface area contributed by atoms with E-state index in [1.54, 1.807) is 0 Å². The topological polar surface area (TPSA) is 39.0 Å². The summed E-state index contributed by atoms with van der Waals surface area (Å²) in [5.74, 6) is 0.213. The van der Waals surface area contributed by atoms with Gasteiger partial charge in [-0.2, -0.15) is 0 Å². The van der Waals surface area contributed by atoms with Gasteiger partial charge in [-0.05, 0) is 12.8 Å². The van der Waals surface area contributed by atoms with E-state index in [1.165, 1.54) is 0 Å². The lowest BCUT2D eigenvalue weighted by molar-refractivity contribution is 0.0988. The van der Waals surface area contributed by atoms with Crippen LogP contribution in [0.1, 0.15) is 23.2 Å². The third-order valence-corrected chi connectivity index (χ3v) is 2.71. The fourth-order valence-electron chi connectivity index (χ4n) is 1.76. The molecule has 1 fully saturated rings. The average molecular weight is 201 g/mol. The third kappa shape index (κ3) is 2.34.